The molecule has 214 valence electrons. The zero-order valence-electron chi connectivity index (χ0n) is 24.1. The van der Waals surface area contributed by atoms with Gasteiger partial charge >= 0.3 is 63.3 Å². The van der Waals surface area contributed by atoms with Gasteiger partial charge in [0, 0.05) is 0 Å². The van der Waals surface area contributed by atoms with E-state index in [1.807, 2.05) is 6.08 Å². The van der Waals surface area contributed by atoms with Crippen LogP contribution in [0.3, 0.4) is 0 Å². The maximum absolute atomic E-state index is 12.8. The van der Waals surface area contributed by atoms with E-state index in [1.54, 1.807) is 0 Å². The summed E-state index contributed by atoms with van der Waals surface area (Å²) in [7, 11) is -5.01. The number of esters is 2. The molecule has 0 radical (unpaired) electrons. The Kier molecular flexibility index (Phi) is 23.4. The van der Waals surface area contributed by atoms with Crippen molar-refractivity contribution in [2.75, 3.05) is 13.2 Å². The topological polar surface area (TPSA) is 110 Å². The second kappa shape index (κ2) is 23.8. The quantitative estimate of drug-likeness (QED) is 0.0683. The molecule has 0 spiro atoms. The van der Waals surface area contributed by atoms with Gasteiger partial charge in [0.1, 0.15) is 10.1 Å². The van der Waals surface area contributed by atoms with Gasteiger partial charge in [0.25, 0.3) is 0 Å². The maximum Gasteiger partial charge on any atom is 1.00 e. The van der Waals surface area contributed by atoms with Gasteiger partial charge in [-0.2, -0.15) is 0 Å². The zero-order chi connectivity index (χ0) is 28.1. The van der Waals surface area contributed by atoms with Gasteiger partial charge in [-0.15, -0.1) is 0 Å². The predicted molar refractivity (Wildman–Crippen MR) is 149 cm³/mol. The minimum Gasteiger partial charge on any atom is -0.744 e. The van der Waals surface area contributed by atoms with Gasteiger partial charge in [-0.25, -0.2) is 18.0 Å². The van der Waals surface area contributed by atoms with Crippen LogP contribution >= 0.6 is 0 Å². The van der Waals surface area contributed by atoms with E-state index in [0.717, 1.165) is 38.2 Å². The maximum atomic E-state index is 12.8. The van der Waals surface area contributed by atoms with Gasteiger partial charge in [0.05, 0.1) is 29.2 Å². The Labute approximate surface area is 278 Å². The minimum atomic E-state index is -5.01. The van der Waals surface area contributed by atoms with Crippen LogP contribution in [0.25, 0.3) is 0 Å². The minimum absolute atomic E-state index is 0. The number of hydrogen-bond acceptors (Lipinski definition) is 7. The molecule has 0 aliphatic heterocycles. The first-order valence-corrected chi connectivity index (χ1v) is 15.5. The van der Waals surface area contributed by atoms with Crippen LogP contribution in [-0.2, 0) is 19.6 Å². The van der Waals surface area contributed by atoms with Gasteiger partial charge in [0.15, 0.2) is 0 Å². The molecule has 0 heterocycles. The molecule has 0 atom stereocenters. The Bertz CT molecular complexity index is 987. The smallest absolute Gasteiger partial charge is 0.744 e. The molecule has 9 heteroatoms. The van der Waals surface area contributed by atoms with Crippen LogP contribution in [0.4, 0.5) is 0 Å². The number of benzene rings is 1. The van der Waals surface area contributed by atoms with Crippen LogP contribution < -0.4 is 51.4 Å². The molecule has 0 bridgehead atoms. The Balaban J connectivity index is 0.0000144. The predicted octanol–water partition coefficient (Wildman–Crippen LogP) is 4.52. The van der Waals surface area contributed by atoms with E-state index in [-0.39, 0.29) is 70.2 Å². The molecule has 0 saturated carbocycles. The van der Waals surface area contributed by atoms with Crippen LogP contribution in [0, 0.1) is 0 Å². The first-order chi connectivity index (χ1) is 18.3. The summed E-state index contributed by atoms with van der Waals surface area (Å²) in [6, 6.07) is 3.51. The average Bonchev–Trinajstić information content (AvgIpc) is 2.89. The first-order valence-electron chi connectivity index (χ1n) is 14.1. The molecule has 0 amide bonds. The third-order valence-electron chi connectivity index (χ3n) is 6.00. The summed E-state index contributed by atoms with van der Waals surface area (Å²) in [5, 5.41) is 0. The van der Waals surface area contributed by atoms with Crippen LogP contribution in [0.2, 0.25) is 0 Å². The second-order valence-corrected chi connectivity index (χ2v) is 10.7. The van der Waals surface area contributed by atoms with Gasteiger partial charge in [-0.3, -0.25) is 0 Å². The Hall–Kier alpha value is -0.814. The third kappa shape index (κ3) is 17.6. The Morgan fingerprint density at radius 3 is 1.64 bits per heavy atom. The van der Waals surface area contributed by atoms with E-state index in [9.17, 15) is 22.6 Å². The number of carbonyl (C=O) groups is 2. The summed E-state index contributed by atoms with van der Waals surface area (Å²) in [6.07, 6.45) is 22.5. The molecule has 0 saturated heterocycles. The van der Waals surface area contributed by atoms with Crippen molar-refractivity contribution in [3.8, 4) is 0 Å². The fraction of sp³-hybridized carbons (Fsp3) is 0.600. The van der Waals surface area contributed by atoms with E-state index in [0.29, 0.717) is 19.3 Å². The zero-order valence-corrected chi connectivity index (χ0v) is 28.1. The van der Waals surface area contributed by atoms with Gasteiger partial charge in [-0.1, -0.05) is 82.7 Å². The van der Waals surface area contributed by atoms with E-state index >= 15 is 0 Å². The second-order valence-electron chi connectivity index (χ2n) is 9.33. The number of carbonyl (C=O) groups excluding carboxylic acids is 2. The van der Waals surface area contributed by atoms with Gasteiger partial charge in [-0.05, 0) is 63.5 Å². The SMILES string of the molecule is CCCCCC/C=C/CCCOC(=O)c1cccc(S(=O)(=O)[O-])c1C(=O)OCCC/C=C/CCCCCC.[K+]. The van der Waals surface area contributed by atoms with Crippen molar-refractivity contribution in [3.05, 3.63) is 53.6 Å². The van der Waals surface area contributed by atoms with Crippen LogP contribution in [0.5, 0.6) is 0 Å². The molecule has 1 rings (SSSR count). The molecular weight excluding hydrogens is 543 g/mol. The summed E-state index contributed by atoms with van der Waals surface area (Å²) in [4.78, 5) is 24.6. The summed E-state index contributed by atoms with van der Waals surface area (Å²) in [6.45, 7) is 4.48. The van der Waals surface area contributed by atoms with Gasteiger partial charge in [0.2, 0.25) is 0 Å². The fourth-order valence-electron chi connectivity index (χ4n) is 3.85. The number of hydrogen-bond donors (Lipinski definition) is 0. The molecule has 39 heavy (non-hydrogen) atoms. The molecule has 0 aliphatic carbocycles. The molecule has 1 aromatic rings. The van der Waals surface area contributed by atoms with E-state index in [1.165, 1.54) is 50.7 Å². The van der Waals surface area contributed by atoms with Crippen molar-refractivity contribution in [1.82, 2.24) is 0 Å². The summed E-state index contributed by atoms with van der Waals surface area (Å²) < 4.78 is 45.9. The molecule has 1 aromatic carbocycles. The molecular formula is C30H45KO7S. The van der Waals surface area contributed by atoms with Crippen molar-refractivity contribution in [2.24, 2.45) is 0 Å². The molecule has 0 aromatic heterocycles. The monoisotopic (exact) mass is 588 g/mol. The summed E-state index contributed by atoms with van der Waals surface area (Å²) in [5.41, 5.74) is -0.851. The standard InChI is InChI=1S/C30H46O7S.K/c1-3-5-7-9-11-13-15-17-19-24-36-29(31)26-22-21-23-27(38(33,34)35)28(26)30(32)37-25-20-18-16-14-12-10-8-6-4-2;/h13-16,21-23H,3-12,17-20,24-25H2,1-2H3,(H,33,34,35);/q;+1/p-1/b15-13+,16-14+;. The Morgan fingerprint density at radius 1 is 0.718 bits per heavy atom. The number of allylic oxidation sites excluding steroid dienone is 4. The average molecular weight is 589 g/mol. The Morgan fingerprint density at radius 2 is 1.18 bits per heavy atom. The molecule has 7 nitrogen and oxygen atoms in total. The van der Waals surface area contributed by atoms with E-state index in [4.69, 9.17) is 9.47 Å². The molecule has 0 unspecified atom stereocenters. The van der Waals surface area contributed by atoms with Crippen molar-refractivity contribution < 1.29 is 83.4 Å². The molecule has 0 fully saturated rings. The first kappa shape index (κ1) is 38.2. The van der Waals surface area contributed by atoms with Crippen molar-refractivity contribution in [1.29, 1.82) is 0 Å². The summed E-state index contributed by atoms with van der Waals surface area (Å²) in [5.74, 6) is -1.89. The van der Waals surface area contributed by atoms with Crippen LogP contribution in [-0.4, -0.2) is 38.1 Å². The normalized spacial score (nSPS) is 11.6. The fourth-order valence-corrected chi connectivity index (χ4v) is 4.54. The van der Waals surface area contributed by atoms with E-state index < -0.39 is 32.5 Å². The number of ether oxygens (including phenoxy) is 2. The largest absolute Gasteiger partial charge is 1.00 e. The number of unbranched alkanes of at least 4 members (excludes halogenated alkanes) is 10. The third-order valence-corrected chi connectivity index (χ3v) is 6.88. The number of rotatable bonds is 21. The summed E-state index contributed by atoms with van der Waals surface area (Å²) >= 11 is 0. The van der Waals surface area contributed by atoms with Crippen LogP contribution in [0.1, 0.15) is 124 Å². The molecule has 0 N–H and O–H groups in total. The van der Waals surface area contributed by atoms with E-state index in [2.05, 4.69) is 32.1 Å². The van der Waals surface area contributed by atoms with Crippen molar-refractivity contribution in [2.45, 2.75) is 109 Å². The van der Waals surface area contributed by atoms with Crippen molar-refractivity contribution >= 4 is 22.1 Å². The van der Waals surface area contributed by atoms with Crippen molar-refractivity contribution in [3.63, 3.8) is 0 Å². The molecule has 0 aliphatic rings. The van der Waals surface area contributed by atoms with Crippen LogP contribution in [0.15, 0.2) is 47.4 Å². The van der Waals surface area contributed by atoms with Gasteiger partial charge < -0.3 is 14.0 Å².